The van der Waals surface area contributed by atoms with Gasteiger partial charge in [-0.25, -0.2) is 27.8 Å². The molecule has 0 bridgehead atoms. The summed E-state index contributed by atoms with van der Waals surface area (Å²) < 4.78 is 30.3. The van der Waals surface area contributed by atoms with Gasteiger partial charge in [0, 0.05) is 62.9 Å². The molecule has 0 radical (unpaired) electrons. The second-order valence-electron chi connectivity index (χ2n) is 21.1. The lowest BCUT2D eigenvalue weighted by Crippen LogP contribution is -2.65. The first kappa shape index (κ1) is 44.7. The van der Waals surface area contributed by atoms with E-state index >= 15 is 0 Å². The highest BCUT2D eigenvalue weighted by Gasteiger charge is 2.49. The Hall–Kier alpha value is -6.13. The highest BCUT2D eigenvalue weighted by Crippen LogP contribution is 2.50. The van der Waals surface area contributed by atoms with Crippen molar-refractivity contribution >= 4 is 29.0 Å². The first-order valence-corrected chi connectivity index (χ1v) is 23.5. The predicted octanol–water partition coefficient (Wildman–Crippen LogP) is 7.22. The van der Waals surface area contributed by atoms with E-state index in [0.717, 1.165) is 78.8 Å². The normalized spacial score (nSPS) is 20.8. The molecule has 0 unspecified atom stereocenters. The number of carbonyl (C=O) groups excluding carboxylic acids is 3. The second-order valence-corrected chi connectivity index (χ2v) is 21.1. The number of aromatic nitrogens is 6. The molecule has 0 atom stereocenters. The van der Waals surface area contributed by atoms with Crippen LogP contribution in [0.15, 0.2) is 73.1 Å². The van der Waals surface area contributed by atoms with Gasteiger partial charge in [0.05, 0.1) is 34.9 Å². The molecular weight excluding hydrogens is 855 g/mol. The van der Waals surface area contributed by atoms with Crippen LogP contribution in [0.5, 0.6) is 0 Å². The van der Waals surface area contributed by atoms with Crippen molar-refractivity contribution < 1.29 is 29.7 Å². The van der Waals surface area contributed by atoms with Gasteiger partial charge in [-0.1, -0.05) is 13.8 Å². The topological polar surface area (TPSA) is 154 Å². The maximum Gasteiger partial charge on any atom is 0.274 e. The number of rotatable bonds is 7. The fourth-order valence-electron chi connectivity index (χ4n) is 9.85. The second kappa shape index (κ2) is 16.0. The van der Waals surface area contributed by atoms with Gasteiger partial charge in [0.2, 0.25) is 0 Å². The van der Waals surface area contributed by atoms with Crippen LogP contribution in [0.3, 0.4) is 0 Å². The first-order valence-electron chi connectivity index (χ1n) is 23.5. The summed E-state index contributed by atoms with van der Waals surface area (Å²) in [6, 6.07) is 16.6. The standard InChI is InChI=1S/C28H32FN5O3.C23H26FN5O.H2/c1-26(2)17-32(25(36)28(37)9-4-10-28)13-14-33(26)24(35)22-16-34-23(30-22)20(27(3)11-12-27)15-21(31-34)18-5-7-19(29)8-6-18;1-22(2)14-25-10-11-28(22)21(30)19-13-29-20(26-19)17(23(3)8-9-23)12-18(27-29)15-4-6-16(24)7-5-15;/h5-8,15-16,37H,4,9-14,17H2,1-3H3;4-7,12-13,25H,8-11,14H2,1-3H3;1H. The smallest absolute Gasteiger partial charge is 0.274 e. The third-order valence-corrected chi connectivity index (χ3v) is 14.9. The monoisotopic (exact) mass is 914 g/mol. The van der Waals surface area contributed by atoms with Crippen LogP contribution < -0.4 is 5.32 Å². The Morgan fingerprint density at radius 2 is 1.10 bits per heavy atom. The molecule has 3 amide bonds. The van der Waals surface area contributed by atoms with Gasteiger partial charge in [0.25, 0.3) is 17.7 Å². The Bertz CT molecular complexity index is 2940. The SMILES string of the molecule is CC1(c2cc(-c3ccc(F)cc3)nn3cc(C(=O)N4CCN(C(=O)C5(O)CCC5)CC4(C)C)nc23)CC1.CC1(c2cc(-c3ccc(F)cc3)nn3cc(C(=O)N4CCNCC4(C)C)nc23)CC1.[HH]. The average Bonchev–Trinajstić information content (AvgIpc) is 4.11. The van der Waals surface area contributed by atoms with E-state index in [1.165, 1.54) is 24.3 Å². The van der Waals surface area contributed by atoms with Crippen LogP contribution >= 0.6 is 0 Å². The minimum atomic E-state index is -1.24. The van der Waals surface area contributed by atoms with Crippen LogP contribution in [0.2, 0.25) is 0 Å². The van der Waals surface area contributed by atoms with Crippen molar-refractivity contribution in [3.63, 3.8) is 0 Å². The van der Waals surface area contributed by atoms with E-state index < -0.39 is 11.1 Å². The molecule has 5 aliphatic rings. The van der Waals surface area contributed by atoms with E-state index in [0.29, 0.717) is 61.7 Å². The van der Waals surface area contributed by atoms with Crippen molar-refractivity contribution in [1.82, 2.24) is 49.2 Å². The van der Waals surface area contributed by atoms with Gasteiger partial charge in [-0.2, -0.15) is 10.2 Å². The molecule has 2 aliphatic heterocycles. The van der Waals surface area contributed by atoms with Crippen LogP contribution in [0.1, 0.15) is 120 Å². The van der Waals surface area contributed by atoms with Crippen LogP contribution in [-0.2, 0) is 15.6 Å². The molecule has 11 rings (SSSR count). The van der Waals surface area contributed by atoms with Crippen molar-refractivity contribution in [3.8, 4) is 22.5 Å². The molecule has 4 aromatic heterocycles. The Morgan fingerprint density at radius 1 is 0.642 bits per heavy atom. The largest absolute Gasteiger partial charge is 0.380 e. The Labute approximate surface area is 389 Å². The zero-order valence-electron chi connectivity index (χ0n) is 39.1. The molecule has 352 valence electrons. The third kappa shape index (κ3) is 8.25. The van der Waals surface area contributed by atoms with E-state index in [1.54, 1.807) is 55.5 Å². The van der Waals surface area contributed by atoms with Gasteiger partial charge >= 0.3 is 0 Å². The summed E-state index contributed by atoms with van der Waals surface area (Å²) in [6.07, 6.45) is 9.48. The number of nitrogens with one attached hydrogen (secondary N) is 1. The maximum absolute atomic E-state index is 13.7. The van der Waals surface area contributed by atoms with Crippen molar-refractivity contribution in [2.24, 2.45) is 0 Å². The quantitative estimate of drug-likeness (QED) is 0.169. The summed E-state index contributed by atoms with van der Waals surface area (Å²) in [7, 11) is 0. The summed E-state index contributed by atoms with van der Waals surface area (Å²) >= 11 is 0. The molecule has 16 heteroatoms. The van der Waals surface area contributed by atoms with Gasteiger partial charge in [-0.05, 0) is 144 Å². The minimum Gasteiger partial charge on any atom is -0.380 e. The lowest BCUT2D eigenvalue weighted by atomic mass is 9.78. The molecule has 3 aliphatic carbocycles. The van der Waals surface area contributed by atoms with E-state index in [9.17, 15) is 28.3 Å². The Kier molecular flexibility index (Phi) is 10.7. The summed E-state index contributed by atoms with van der Waals surface area (Å²) in [6.45, 7) is 15.7. The zero-order chi connectivity index (χ0) is 47.3. The number of halogens is 2. The lowest BCUT2D eigenvalue weighted by Gasteiger charge is -2.49. The first-order chi connectivity index (χ1) is 31.8. The number of benzene rings is 2. The molecule has 67 heavy (non-hydrogen) atoms. The van der Waals surface area contributed by atoms with Crippen LogP contribution in [0.25, 0.3) is 33.8 Å². The average molecular weight is 915 g/mol. The zero-order valence-corrected chi connectivity index (χ0v) is 39.1. The number of hydrogen-bond acceptors (Lipinski definition) is 9. The van der Waals surface area contributed by atoms with E-state index in [2.05, 4.69) is 33.0 Å². The number of carbonyl (C=O) groups is 3. The number of nitrogens with zero attached hydrogens (tertiary/aromatic N) is 9. The Balaban J connectivity index is 0.000000171. The van der Waals surface area contributed by atoms with Gasteiger partial charge in [-0.3, -0.25) is 14.4 Å². The molecule has 2 N–H and O–H groups in total. The van der Waals surface area contributed by atoms with Gasteiger partial charge in [0.15, 0.2) is 11.3 Å². The van der Waals surface area contributed by atoms with E-state index in [4.69, 9.17) is 20.2 Å². The lowest BCUT2D eigenvalue weighted by molar-refractivity contribution is -0.164. The molecule has 3 saturated carbocycles. The van der Waals surface area contributed by atoms with Gasteiger partial charge in [-0.15, -0.1) is 0 Å². The van der Waals surface area contributed by atoms with Crippen LogP contribution in [0, 0.1) is 11.6 Å². The summed E-state index contributed by atoms with van der Waals surface area (Å²) in [4.78, 5) is 54.8. The molecule has 6 aromatic rings. The third-order valence-electron chi connectivity index (χ3n) is 14.9. The number of imidazole rings is 2. The molecular formula is C51H60F2N10O4. The summed E-state index contributed by atoms with van der Waals surface area (Å²) in [5.74, 6) is -1.08. The van der Waals surface area contributed by atoms with E-state index in [-0.39, 0.29) is 47.2 Å². The van der Waals surface area contributed by atoms with Crippen LogP contribution in [0.4, 0.5) is 8.78 Å². The molecule has 2 aromatic carbocycles. The van der Waals surface area contributed by atoms with Crippen LogP contribution in [-0.4, -0.2) is 123 Å². The fourth-order valence-corrected chi connectivity index (χ4v) is 9.85. The number of piperazine rings is 2. The van der Waals surface area contributed by atoms with Gasteiger partial charge in [0.1, 0.15) is 28.6 Å². The minimum absolute atomic E-state index is 0. The number of fused-ring (bicyclic) bond motifs is 2. The predicted molar refractivity (Wildman–Crippen MR) is 251 cm³/mol. The maximum atomic E-state index is 13.7. The molecule has 5 fully saturated rings. The number of amides is 3. The van der Waals surface area contributed by atoms with Crippen molar-refractivity contribution in [3.05, 3.63) is 107 Å². The Morgan fingerprint density at radius 3 is 1.51 bits per heavy atom. The van der Waals surface area contributed by atoms with Gasteiger partial charge < -0.3 is 25.1 Å². The molecule has 2 saturated heterocycles. The molecule has 14 nitrogen and oxygen atoms in total. The molecule has 0 spiro atoms. The van der Waals surface area contributed by atoms with Crippen molar-refractivity contribution in [2.75, 3.05) is 39.3 Å². The summed E-state index contributed by atoms with van der Waals surface area (Å²) in [5.41, 5.74) is 5.20. The highest BCUT2D eigenvalue weighted by atomic mass is 19.1. The molecule has 6 heterocycles. The number of aliphatic hydroxyl groups is 1. The summed E-state index contributed by atoms with van der Waals surface area (Å²) in [5, 5.41) is 23.3. The van der Waals surface area contributed by atoms with Crippen molar-refractivity contribution in [2.45, 2.75) is 114 Å². The van der Waals surface area contributed by atoms with E-state index in [1.807, 2.05) is 30.9 Å². The highest BCUT2D eigenvalue weighted by molar-refractivity contribution is 5.95. The fraction of sp³-hybridized carbons (Fsp3) is 0.471. The number of hydrogen-bond donors (Lipinski definition) is 2. The van der Waals surface area contributed by atoms with Crippen molar-refractivity contribution in [1.29, 1.82) is 0 Å².